The Balaban J connectivity index is 2.18. The Morgan fingerprint density at radius 2 is 2.21 bits per heavy atom. The molecule has 24 heavy (non-hydrogen) atoms. The molecule has 0 aromatic carbocycles. The molecular weight excluding hydrogens is 318 g/mol. The van der Waals surface area contributed by atoms with E-state index in [-0.39, 0.29) is 17.8 Å². The van der Waals surface area contributed by atoms with Crippen molar-refractivity contribution in [2.45, 2.75) is 69.7 Å². The minimum absolute atomic E-state index is 0.0965. The fourth-order valence-electron chi connectivity index (χ4n) is 3.86. The molecule has 134 valence electrons. The van der Waals surface area contributed by atoms with Crippen LogP contribution in [0.25, 0.3) is 0 Å². The van der Waals surface area contributed by atoms with E-state index in [1.54, 1.807) is 17.2 Å². The van der Waals surface area contributed by atoms with E-state index in [9.17, 15) is 9.59 Å². The van der Waals surface area contributed by atoms with Crippen molar-refractivity contribution >= 4 is 20.0 Å². The summed E-state index contributed by atoms with van der Waals surface area (Å²) in [5, 5.41) is 0. The maximum Gasteiger partial charge on any atom is 0.414 e. The van der Waals surface area contributed by atoms with E-state index in [4.69, 9.17) is 4.74 Å². The highest BCUT2D eigenvalue weighted by atomic mass is 28.3. The van der Waals surface area contributed by atoms with Gasteiger partial charge in [0.1, 0.15) is 0 Å². The molecular formula is C19H31NO3Si. The van der Waals surface area contributed by atoms with Crippen LogP contribution in [0.2, 0.25) is 25.7 Å². The third kappa shape index (κ3) is 4.18. The Kier molecular flexibility index (Phi) is 6.07. The summed E-state index contributed by atoms with van der Waals surface area (Å²) in [6, 6.07) is 0.957. The highest BCUT2D eigenvalue weighted by Crippen LogP contribution is 2.45. The van der Waals surface area contributed by atoms with Crippen molar-refractivity contribution in [1.82, 2.24) is 4.90 Å². The van der Waals surface area contributed by atoms with Crippen LogP contribution in [0.1, 0.15) is 38.5 Å². The van der Waals surface area contributed by atoms with Crippen molar-refractivity contribution in [2.24, 2.45) is 5.92 Å². The summed E-state index contributed by atoms with van der Waals surface area (Å²) in [6.07, 6.45) is 10.2. The van der Waals surface area contributed by atoms with Crippen molar-refractivity contribution in [3.63, 3.8) is 0 Å². The van der Waals surface area contributed by atoms with Crippen LogP contribution in [-0.4, -0.2) is 37.0 Å². The largest absolute Gasteiger partial charge is 0.449 e. The normalized spacial score (nSPS) is 26.9. The molecule has 1 fully saturated rings. The molecule has 1 saturated carbocycles. The lowest BCUT2D eigenvalue weighted by Gasteiger charge is -2.50. The molecule has 0 saturated heterocycles. The Hall–Kier alpha value is -1.36. The summed E-state index contributed by atoms with van der Waals surface area (Å²) in [5.41, 5.74) is -0.422. The van der Waals surface area contributed by atoms with Crippen molar-refractivity contribution in [3.05, 3.63) is 24.9 Å². The number of fused-ring (bicyclic) bond motifs is 1. The van der Waals surface area contributed by atoms with Crippen LogP contribution in [0.5, 0.6) is 0 Å². The number of amides is 1. The van der Waals surface area contributed by atoms with Gasteiger partial charge in [-0.15, -0.1) is 6.58 Å². The van der Waals surface area contributed by atoms with Gasteiger partial charge in [-0.1, -0.05) is 38.6 Å². The lowest BCUT2D eigenvalue weighted by atomic mass is 9.66. The Labute approximate surface area is 146 Å². The van der Waals surface area contributed by atoms with Gasteiger partial charge in [0.15, 0.2) is 5.78 Å². The molecule has 0 spiro atoms. The maximum atomic E-state index is 12.7. The number of carbonyl (C=O) groups excluding carboxylic acids is 2. The predicted molar refractivity (Wildman–Crippen MR) is 99.6 cm³/mol. The van der Waals surface area contributed by atoms with Gasteiger partial charge in [0.05, 0.1) is 12.1 Å². The molecule has 0 aromatic heterocycles. The van der Waals surface area contributed by atoms with Gasteiger partial charge in [0.25, 0.3) is 0 Å². The fourth-order valence-corrected chi connectivity index (χ4v) is 4.57. The van der Waals surface area contributed by atoms with Gasteiger partial charge in [0, 0.05) is 20.2 Å². The lowest BCUT2D eigenvalue weighted by molar-refractivity contribution is -0.126. The second-order valence-corrected chi connectivity index (χ2v) is 13.9. The first-order chi connectivity index (χ1) is 11.3. The molecule has 1 heterocycles. The zero-order valence-electron chi connectivity index (χ0n) is 15.3. The highest BCUT2D eigenvalue weighted by molar-refractivity contribution is 6.76. The van der Waals surface area contributed by atoms with E-state index in [0.717, 1.165) is 44.6 Å². The first-order valence-electron chi connectivity index (χ1n) is 9.09. The second kappa shape index (κ2) is 7.68. The van der Waals surface area contributed by atoms with Gasteiger partial charge in [-0.2, -0.15) is 0 Å². The van der Waals surface area contributed by atoms with Gasteiger partial charge < -0.3 is 4.74 Å². The Morgan fingerprint density at radius 3 is 2.88 bits per heavy atom. The monoisotopic (exact) mass is 349 g/mol. The summed E-state index contributed by atoms with van der Waals surface area (Å²) in [6.45, 7) is 11.1. The average Bonchev–Trinajstić information content (AvgIpc) is 2.52. The van der Waals surface area contributed by atoms with Crippen molar-refractivity contribution in [1.29, 1.82) is 0 Å². The van der Waals surface area contributed by atoms with E-state index < -0.39 is 13.6 Å². The van der Waals surface area contributed by atoms with Crippen molar-refractivity contribution < 1.29 is 14.3 Å². The van der Waals surface area contributed by atoms with Crippen LogP contribution < -0.4 is 0 Å². The van der Waals surface area contributed by atoms with Crippen LogP contribution in [0.15, 0.2) is 24.9 Å². The number of nitrogens with zero attached hydrogens (tertiary/aromatic N) is 1. The average molecular weight is 350 g/mol. The van der Waals surface area contributed by atoms with E-state index in [0.29, 0.717) is 6.61 Å². The Bertz CT molecular complexity index is 523. The molecule has 0 N–H and O–H groups in total. The molecule has 0 bridgehead atoms. The van der Waals surface area contributed by atoms with Gasteiger partial charge in [0.2, 0.25) is 0 Å². The van der Waals surface area contributed by atoms with Crippen LogP contribution >= 0.6 is 0 Å². The molecule has 5 heteroatoms. The number of rotatable bonds is 6. The number of hydrogen-bond donors (Lipinski definition) is 0. The molecule has 1 amide bonds. The SMILES string of the molecule is C=CCC[C@]12CCCC[C@H]1C(=O)C=CN2C(=O)OCC[Si](C)(C)C. The van der Waals surface area contributed by atoms with Crippen LogP contribution in [0.4, 0.5) is 4.79 Å². The zero-order valence-corrected chi connectivity index (χ0v) is 16.3. The standard InChI is InChI=1S/C19H31NO3Si/c1-5-6-11-19-12-8-7-9-16(19)17(21)10-13-20(19)18(22)23-14-15-24(2,3)4/h5,10,13,16H,1,6-9,11-12,14-15H2,2-4H3/t16-,19-/m0/s1. The molecule has 2 rings (SSSR count). The van der Waals surface area contributed by atoms with Gasteiger partial charge in [-0.05, 0) is 37.8 Å². The Morgan fingerprint density at radius 1 is 1.46 bits per heavy atom. The van der Waals surface area contributed by atoms with Gasteiger partial charge >= 0.3 is 6.09 Å². The number of ketones is 1. The van der Waals surface area contributed by atoms with Crippen molar-refractivity contribution in [2.75, 3.05) is 6.61 Å². The smallest absolute Gasteiger partial charge is 0.414 e. The molecule has 0 radical (unpaired) electrons. The first kappa shape index (κ1) is 19.0. The highest BCUT2D eigenvalue weighted by Gasteiger charge is 2.51. The number of ether oxygens (including phenoxy) is 1. The summed E-state index contributed by atoms with van der Waals surface area (Å²) in [7, 11) is -1.24. The van der Waals surface area contributed by atoms with E-state index in [1.165, 1.54) is 0 Å². The summed E-state index contributed by atoms with van der Waals surface area (Å²) < 4.78 is 5.58. The molecule has 2 atom stereocenters. The molecule has 4 nitrogen and oxygen atoms in total. The van der Waals surface area contributed by atoms with Crippen LogP contribution in [0, 0.1) is 5.92 Å². The van der Waals surface area contributed by atoms with Gasteiger partial charge in [-0.3, -0.25) is 9.69 Å². The first-order valence-corrected chi connectivity index (χ1v) is 12.8. The molecule has 1 aliphatic heterocycles. The van der Waals surface area contributed by atoms with E-state index >= 15 is 0 Å². The lowest BCUT2D eigenvalue weighted by Crippen LogP contribution is -2.59. The summed E-state index contributed by atoms with van der Waals surface area (Å²) >= 11 is 0. The predicted octanol–water partition coefficient (Wildman–Crippen LogP) is 4.75. The van der Waals surface area contributed by atoms with Crippen molar-refractivity contribution in [3.8, 4) is 0 Å². The number of hydrogen-bond acceptors (Lipinski definition) is 3. The number of carbonyl (C=O) groups is 2. The molecule has 0 unspecified atom stereocenters. The van der Waals surface area contributed by atoms with Crippen LogP contribution in [0.3, 0.4) is 0 Å². The van der Waals surface area contributed by atoms with E-state index in [2.05, 4.69) is 26.2 Å². The third-order valence-corrected chi connectivity index (χ3v) is 6.97. The fraction of sp³-hybridized carbons (Fsp3) is 0.684. The van der Waals surface area contributed by atoms with E-state index in [1.807, 2.05) is 6.08 Å². The quantitative estimate of drug-likeness (QED) is 0.513. The second-order valence-electron chi connectivity index (χ2n) is 8.24. The minimum atomic E-state index is -1.24. The topological polar surface area (TPSA) is 46.6 Å². The number of allylic oxidation sites excluding steroid dienone is 2. The van der Waals surface area contributed by atoms with Gasteiger partial charge in [-0.25, -0.2) is 4.79 Å². The minimum Gasteiger partial charge on any atom is -0.449 e. The van der Waals surface area contributed by atoms with Crippen LogP contribution in [-0.2, 0) is 9.53 Å². The maximum absolute atomic E-state index is 12.7. The zero-order chi connectivity index (χ0) is 17.8. The summed E-state index contributed by atoms with van der Waals surface area (Å²) in [4.78, 5) is 26.9. The molecule has 2 aliphatic rings. The molecule has 0 aromatic rings. The summed E-state index contributed by atoms with van der Waals surface area (Å²) in [5.74, 6) is 0.0608. The third-order valence-electron chi connectivity index (χ3n) is 5.27. The molecule has 1 aliphatic carbocycles.